The molecule has 0 amide bonds. The maximum Gasteiger partial charge on any atom is 0.101 e. The van der Waals surface area contributed by atoms with Gasteiger partial charge in [0.25, 0.3) is 0 Å². The Hall–Kier alpha value is -1.77. The van der Waals surface area contributed by atoms with Gasteiger partial charge in [0.1, 0.15) is 6.07 Å². The lowest BCUT2D eigenvalue weighted by Crippen LogP contribution is -2.09. The second-order valence-electron chi connectivity index (χ2n) is 3.49. The maximum absolute atomic E-state index is 8.81. The van der Waals surface area contributed by atoms with Crippen LogP contribution in [0, 0.1) is 11.3 Å². The van der Waals surface area contributed by atoms with Crippen LogP contribution >= 0.6 is 0 Å². The fourth-order valence-electron chi connectivity index (χ4n) is 1.38. The molecule has 92 valence electrons. The average Bonchev–Trinajstić information content (AvgIpc) is 2.35. The topological polar surface area (TPSA) is 91.3 Å². The smallest absolute Gasteiger partial charge is 0.101 e. The van der Waals surface area contributed by atoms with Crippen molar-refractivity contribution in [2.24, 2.45) is 0 Å². The number of hydrogen-bond acceptors (Lipinski definition) is 5. The van der Waals surface area contributed by atoms with Crippen LogP contribution in [0.15, 0.2) is 18.2 Å². The molecule has 0 aliphatic carbocycles. The normalized spacial score (nSPS) is 9.88. The first-order chi connectivity index (χ1) is 8.29. The molecule has 0 fully saturated rings. The third-order valence-corrected chi connectivity index (χ3v) is 2.24. The van der Waals surface area contributed by atoms with E-state index in [4.69, 9.17) is 20.8 Å². The van der Waals surface area contributed by atoms with Crippen molar-refractivity contribution >= 4 is 11.4 Å². The van der Waals surface area contributed by atoms with Crippen molar-refractivity contribution in [3.05, 3.63) is 23.8 Å². The van der Waals surface area contributed by atoms with Crippen molar-refractivity contribution in [1.29, 1.82) is 5.26 Å². The number of nitrogen functional groups attached to an aromatic ring is 1. The molecule has 17 heavy (non-hydrogen) atoms. The van der Waals surface area contributed by atoms with Gasteiger partial charge in [0, 0.05) is 13.2 Å². The zero-order valence-corrected chi connectivity index (χ0v) is 9.65. The van der Waals surface area contributed by atoms with E-state index in [-0.39, 0.29) is 6.61 Å². The van der Waals surface area contributed by atoms with Gasteiger partial charge in [0.2, 0.25) is 0 Å². The SMILES string of the molecule is N#Cc1cccc(NCCCOCCO)c1N. The zero-order chi connectivity index (χ0) is 12.5. The predicted octanol–water partition coefficient (Wildman–Crippen LogP) is 0.951. The van der Waals surface area contributed by atoms with E-state index >= 15 is 0 Å². The molecule has 1 rings (SSSR count). The Balaban J connectivity index is 2.35. The molecule has 0 spiro atoms. The van der Waals surface area contributed by atoms with Crippen molar-refractivity contribution in [2.75, 3.05) is 37.4 Å². The summed E-state index contributed by atoms with van der Waals surface area (Å²) in [5.74, 6) is 0. The number of ether oxygens (including phenoxy) is 1. The lowest BCUT2D eigenvalue weighted by atomic mass is 10.1. The highest BCUT2D eigenvalue weighted by Gasteiger charge is 2.02. The quantitative estimate of drug-likeness (QED) is 0.483. The molecule has 0 aromatic heterocycles. The summed E-state index contributed by atoms with van der Waals surface area (Å²) in [7, 11) is 0. The molecule has 0 aliphatic rings. The molecule has 0 unspecified atom stereocenters. The van der Waals surface area contributed by atoms with Crippen molar-refractivity contribution in [3.63, 3.8) is 0 Å². The first-order valence-electron chi connectivity index (χ1n) is 5.50. The Morgan fingerprint density at radius 2 is 2.24 bits per heavy atom. The molecule has 1 aromatic carbocycles. The van der Waals surface area contributed by atoms with Crippen molar-refractivity contribution < 1.29 is 9.84 Å². The minimum atomic E-state index is 0.0462. The van der Waals surface area contributed by atoms with Crippen LogP contribution in [0.4, 0.5) is 11.4 Å². The van der Waals surface area contributed by atoms with Gasteiger partial charge in [-0.05, 0) is 18.6 Å². The number of nitriles is 1. The molecule has 5 heteroatoms. The molecule has 0 atom stereocenters. The lowest BCUT2D eigenvalue weighted by molar-refractivity contribution is 0.0922. The third kappa shape index (κ3) is 4.31. The number of nitrogens with two attached hydrogens (primary N) is 1. The Morgan fingerprint density at radius 1 is 1.41 bits per heavy atom. The van der Waals surface area contributed by atoms with Crippen LogP contribution in [0.5, 0.6) is 0 Å². The number of nitrogens with one attached hydrogen (secondary N) is 1. The highest BCUT2D eigenvalue weighted by Crippen LogP contribution is 2.21. The van der Waals surface area contributed by atoms with Crippen molar-refractivity contribution in [1.82, 2.24) is 0 Å². The monoisotopic (exact) mass is 235 g/mol. The zero-order valence-electron chi connectivity index (χ0n) is 9.65. The van der Waals surface area contributed by atoms with E-state index in [1.807, 2.05) is 12.1 Å². The van der Waals surface area contributed by atoms with E-state index in [1.54, 1.807) is 12.1 Å². The van der Waals surface area contributed by atoms with Gasteiger partial charge in [-0.1, -0.05) is 6.07 Å². The molecular formula is C12H17N3O2. The van der Waals surface area contributed by atoms with Crippen LogP contribution in [0.2, 0.25) is 0 Å². The summed E-state index contributed by atoms with van der Waals surface area (Å²) in [5.41, 5.74) is 7.53. The Kier molecular flexibility index (Phi) is 5.86. The summed E-state index contributed by atoms with van der Waals surface area (Å²) >= 11 is 0. The molecule has 0 aliphatic heterocycles. The number of hydrogen-bond donors (Lipinski definition) is 3. The maximum atomic E-state index is 8.81. The Morgan fingerprint density at radius 3 is 2.94 bits per heavy atom. The number of rotatable bonds is 7. The lowest BCUT2D eigenvalue weighted by Gasteiger charge is -2.10. The van der Waals surface area contributed by atoms with E-state index in [1.165, 1.54) is 0 Å². The predicted molar refractivity (Wildman–Crippen MR) is 66.6 cm³/mol. The standard InChI is InChI=1S/C12H17N3O2/c13-9-10-3-1-4-11(12(10)14)15-5-2-7-17-8-6-16/h1,3-4,15-16H,2,5-8,14H2. The van der Waals surface area contributed by atoms with Gasteiger partial charge >= 0.3 is 0 Å². The number of aliphatic hydroxyl groups is 1. The molecule has 0 bridgehead atoms. The number of nitrogens with zero attached hydrogens (tertiary/aromatic N) is 1. The highest BCUT2D eigenvalue weighted by molar-refractivity contribution is 5.72. The summed E-state index contributed by atoms with van der Waals surface area (Å²) in [6.07, 6.45) is 0.816. The molecule has 0 heterocycles. The second-order valence-corrected chi connectivity index (χ2v) is 3.49. The minimum Gasteiger partial charge on any atom is -0.396 e. The molecule has 1 aromatic rings. The van der Waals surface area contributed by atoms with Gasteiger partial charge in [0.05, 0.1) is 30.2 Å². The summed E-state index contributed by atoms with van der Waals surface area (Å²) in [6, 6.07) is 7.35. The van der Waals surface area contributed by atoms with Crippen LogP contribution in [0.1, 0.15) is 12.0 Å². The minimum absolute atomic E-state index is 0.0462. The third-order valence-electron chi connectivity index (χ3n) is 2.24. The Labute approximate surface area is 101 Å². The second kappa shape index (κ2) is 7.49. The molecule has 5 nitrogen and oxygen atoms in total. The molecule has 4 N–H and O–H groups in total. The van der Waals surface area contributed by atoms with Crippen LogP contribution < -0.4 is 11.1 Å². The number of anilines is 2. The van der Waals surface area contributed by atoms with Crippen LogP contribution in [0.25, 0.3) is 0 Å². The van der Waals surface area contributed by atoms with Crippen molar-refractivity contribution in [2.45, 2.75) is 6.42 Å². The van der Waals surface area contributed by atoms with Gasteiger partial charge in [-0.2, -0.15) is 5.26 Å². The van der Waals surface area contributed by atoms with E-state index in [2.05, 4.69) is 5.32 Å². The summed E-state index contributed by atoms with van der Waals surface area (Å²) in [4.78, 5) is 0. The summed E-state index contributed by atoms with van der Waals surface area (Å²) in [5, 5.41) is 20.5. The molecule has 0 saturated heterocycles. The van der Waals surface area contributed by atoms with E-state index in [9.17, 15) is 0 Å². The molecule has 0 radical (unpaired) electrons. The van der Waals surface area contributed by atoms with Crippen LogP contribution in [-0.2, 0) is 4.74 Å². The van der Waals surface area contributed by atoms with Crippen LogP contribution in [0.3, 0.4) is 0 Å². The fraction of sp³-hybridized carbons (Fsp3) is 0.417. The van der Waals surface area contributed by atoms with Gasteiger partial charge < -0.3 is 20.9 Å². The fourth-order valence-corrected chi connectivity index (χ4v) is 1.38. The highest BCUT2D eigenvalue weighted by atomic mass is 16.5. The van der Waals surface area contributed by atoms with Crippen LogP contribution in [-0.4, -0.2) is 31.5 Å². The van der Waals surface area contributed by atoms with Gasteiger partial charge in [-0.15, -0.1) is 0 Å². The molecular weight excluding hydrogens is 218 g/mol. The Bertz CT molecular complexity index is 388. The van der Waals surface area contributed by atoms with E-state index in [0.717, 1.165) is 12.1 Å². The first-order valence-corrected chi connectivity index (χ1v) is 5.50. The number of aliphatic hydroxyl groups excluding tert-OH is 1. The van der Waals surface area contributed by atoms with E-state index < -0.39 is 0 Å². The number of para-hydroxylation sites is 1. The van der Waals surface area contributed by atoms with Crippen molar-refractivity contribution in [3.8, 4) is 6.07 Å². The number of benzene rings is 1. The van der Waals surface area contributed by atoms with Gasteiger partial charge in [-0.3, -0.25) is 0 Å². The van der Waals surface area contributed by atoms with Gasteiger partial charge in [0.15, 0.2) is 0 Å². The largest absolute Gasteiger partial charge is 0.396 e. The summed E-state index contributed by atoms with van der Waals surface area (Å²) < 4.78 is 5.12. The first kappa shape index (κ1) is 13.3. The average molecular weight is 235 g/mol. The van der Waals surface area contributed by atoms with Gasteiger partial charge in [-0.25, -0.2) is 0 Å². The van der Waals surface area contributed by atoms with E-state index in [0.29, 0.717) is 31.0 Å². The summed E-state index contributed by atoms with van der Waals surface area (Å²) in [6.45, 7) is 1.71. The molecule has 0 saturated carbocycles.